The largest absolute Gasteiger partial charge is 0.513 e. The minimum Gasteiger partial charge on any atom is -0.478 e. The highest BCUT2D eigenvalue weighted by atomic mass is 16.7. The van der Waals surface area contributed by atoms with Crippen LogP contribution in [0.1, 0.15) is 15.9 Å². The van der Waals surface area contributed by atoms with Crippen LogP contribution in [0.4, 0.5) is 10.5 Å². The van der Waals surface area contributed by atoms with E-state index >= 15 is 0 Å². The third kappa shape index (κ3) is 4.24. The number of rotatable bonds is 5. The van der Waals surface area contributed by atoms with E-state index in [1.165, 1.54) is 18.2 Å². The predicted octanol–water partition coefficient (Wildman–Crippen LogP) is 2.73. The molecule has 0 aliphatic heterocycles. The number of carbonyl (C=O) groups excluding carboxylic acids is 1. The lowest BCUT2D eigenvalue weighted by Gasteiger charge is -2.08. The molecule has 6 heteroatoms. The third-order valence-corrected chi connectivity index (χ3v) is 2.88. The zero-order chi connectivity index (χ0) is 15.9. The molecule has 2 rings (SSSR count). The summed E-state index contributed by atoms with van der Waals surface area (Å²) in [5, 5.41) is 9.04. The van der Waals surface area contributed by atoms with E-state index in [-0.39, 0.29) is 23.6 Å². The van der Waals surface area contributed by atoms with Gasteiger partial charge in [-0.3, -0.25) is 0 Å². The summed E-state index contributed by atoms with van der Waals surface area (Å²) in [7, 11) is 0. The number of anilines is 1. The number of nitrogen functional groups attached to an aromatic ring is 1. The molecule has 0 unspecified atom stereocenters. The topological polar surface area (TPSA) is 98.9 Å². The van der Waals surface area contributed by atoms with Crippen LogP contribution < -0.4 is 10.5 Å². The number of carboxylic acid groups (broad SMARTS) is 1. The molecule has 0 aromatic heterocycles. The van der Waals surface area contributed by atoms with E-state index in [1.807, 2.05) is 30.3 Å². The molecule has 0 fully saturated rings. The van der Waals surface area contributed by atoms with Crippen molar-refractivity contribution in [2.24, 2.45) is 0 Å². The summed E-state index contributed by atoms with van der Waals surface area (Å²) in [5.74, 6) is -1.34. The molecular weight excluding hydrogens is 286 g/mol. The van der Waals surface area contributed by atoms with Gasteiger partial charge in [-0.05, 0) is 23.8 Å². The van der Waals surface area contributed by atoms with Crippen molar-refractivity contribution in [1.29, 1.82) is 0 Å². The van der Waals surface area contributed by atoms with Gasteiger partial charge in [0.05, 0.1) is 6.61 Å². The van der Waals surface area contributed by atoms with Crippen molar-refractivity contribution >= 4 is 17.8 Å². The average molecular weight is 301 g/mol. The fourth-order valence-corrected chi connectivity index (χ4v) is 1.82. The fraction of sp³-hybridized carbons (Fsp3) is 0.125. The number of nitrogens with two attached hydrogens (primary N) is 1. The monoisotopic (exact) mass is 301 g/mol. The first-order valence-corrected chi connectivity index (χ1v) is 6.57. The Morgan fingerprint density at radius 3 is 2.50 bits per heavy atom. The Labute approximate surface area is 127 Å². The van der Waals surface area contributed by atoms with Gasteiger partial charge < -0.3 is 20.3 Å². The van der Waals surface area contributed by atoms with Crippen LogP contribution in [0.5, 0.6) is 5.75 Å². The molecule has 0 bridgehead atoms. The standard InChI is InChI=1S/C16H15NO5/c17-12-6-7-14(13(10-12)15(18)19)22-16(20)21-9-8-11-4-2-1-3-5-11/h1-7,10H,8-9,17H2,(H,18,19). The predicted molar refractivity (Wildman–Crippen MR) is 79.9 cm³/mol. The summed E-state index contributed by atoms with van der Waals surface area (Å²) in [6.45, 7) is 0.139. The number of hydrogen-bond acceptors (Lipinski definition) is 5. The molecule has 0 heterocycles. The van der Waals surface area contributed by atoms with Crippen LogP contribution >= 0.6 is 0 Å². The van der Waals surface area contributed by atoms with Gasteiger partial charge in [0.15, 0.2) is 0 Å². The van der Waals surface area contributed by atoms with E-state index in [0.29, 0.717) is 6.42 Å². The minimum atomic E-state index is -1.24. The Morgan fingerprint density at radius 1 is 1.09 bits per heavy atom. The zero-order valence-corrected chi connectivity index (χ0v) is 11.7. The van der Waals surface area contributed by atoms with Gasteiger partial charge in [-0.2, -0.15) is 0 Å². The number of aromatic carboxylic acids is 1. The van der Waals surface area contributed by atoms with E-state index in [2.05, 4.69) is 0 Å². The van der Waals surface area contributed by atoms with Gasteiger partial charge in [-0.1, -0.05) is 30.3 Å². The quantitative estimate of drug-likeness (QED) is 0.500. The second kappa shape index (κ2) is 7.12. The fourth-order valence-electron chi connectivity index (χ4n) is 1.82. The molecule has 0 aliphatic carbocycles. The van der Waals surface area contributed by atoms with E-state index in [9.17, 15) is 9.59 Å². The Hall–Kier alpha value is -3.02. The Kier molecular flexibility index (Phi) is 4.98. The van der Waals surface area contributed by atoms with Crippen LogP contribution in [0, 0.1) is 0 Å². The van der Waals surface area contributed by atoms with Gasteiger partial charge >= 0.3 is 12.1 Å². The first kappa shape index (κ1) is 15.4. The molecule has 3 N–H and O–H groups in total. The maximum atomic E-state index is 11.6. The van der Waals surface area contributed by atoms with Crippen molar-refractivity contribution in [3.8, 4) is 5.75 Å². The number of hydrogen-bond donors (Lipinski definition) is 2. The normalized spacial score (nSPS) is 10.0. The number of carbonyl (C=O) groups is 2. The Morgan fingerprint density at radius 2 is 1.82 bits per heavy atom. The maximum Gasteiger partial charge on any atom is 0.513 e. The highest BCUT2D eigenvalue weighted by Gasteiger charge is 2.15. The summed E-state index contributed by atoms with van der Waals surface area (Å²) >= 11 is 0. The first-order valence-electron chi connectivity index (χ1n) is 6.57. The summed E-state index contributed by atoms with van der Waals surface area (Å²) in [6.07, 6.45) is -0.410. The van der Waals surface area contributed by atoms with E-state index in [1.54, 1.807) is 0 Å². The van der Waals surface area contributed by atoms with Crippen molar-refractivity contribution in [1.82, 2.24) is 0 Å². The molecule has 0 atom stereocenters. The molecule has 114 valence electrons. The third-order valence-electron chi connectivity index (χ3n) is 2.88. The lowest BCUT2D eigenvalue weighted by Crippen LogP contribution is -2.14. The molecule has 0 amide bonds. The number of benzene rings is 2. The molecule has 2 aromatic carbocycles. The molecule has 22 heavy (non-hydrogen) atoms. The van der Waals surface area contributed by atoms with Crippen molar-refractivity contribution in [3.63, 3.8) is 0 Å². The highest BCUT2D eigenvalue weighted by Crippen LogP contribution is 2.21. The molecular formula is C16H15NO5. The molecule has 0 spiro atoms. The second-order valence-corrected chi connectivity index (χ2v) is 4.50. The van der Waals surface area contributed by atoms with E-state index in [0.717, 1.165) is 5.56 Å². The van der Waals surface area contributed by atoms with Gasteiger partial charge in [0.1, 0.15) is 11.3 Å². The molecule has 0 radical (unpaired) electrons. The van der Waals surface area contributed by atoms with Gasteiger partial charge in [0.25, 0.3) is 0 Å². The van der Waals surface area contributed by atoms with Crippen LogP contribution in [-0.4, -0.2) is 23.8 Å². The van der Waals surface area contributed by atoms with Crippen LogP contribution in [0.2, 0.25) is 0 Å². The van der Waals surface area contributed by atoms with Gasteiger partial charge in [-0.15, -0.1) is 0 Å². The lowest BCUT2D eigenvalue weighted by atomic mass is 10.2. The number of ether oxygens (including phenoxy) is 2. The minimum absolute atomic E-state index is 0.105. The second-order valence-electron chi connectivity index (χ2n) is 4.50. The maximum absolute atomic E-state index is 11.6. The molecule has 2 aromatic rings. The summed E-state index contributed by atoms with van der Waals surface area (Å²) < 4.78 is 9.83. The van der Waals surface area contributed by atoms with E-state index < -0.39 is 12.1 Å². The van der Waals surface area contributed by atoms with Crippen LogP contribution in [0.25, 0.3) is 0 Å². The van der Waals surface area contributed by atoms with Crippen molar-refractivity contribution in [2.75, 3.05) is 12.3 Å². The first-order chi connectivity index (χ1) is 10.6. The molecule has 0 saturated carbocycles. The van der Waals surface area contributed by atoms with Crippen LogP contribution in [0.15, 0.2) is 48.5 Å². The van der Waals surface area contributed by atoms with Crippen molar-refractivity contribution < 1.29 is 24.2 Å². The summed E-state index contributed by atoms with van der Waals surface area (Å²) in [4.78, 5) is 22.7. The van der Waals surface area contributed by atoms with Crippen LogP contribution in [-0.2, 0) is 11.2 Å². The van der Waals surface area contributed by atoms with Gasteiger partial charge in [0.2, 0.25) is 0 Å². The Balaban J connectivity index is 1.91. The smallest absolute Gasteiger partial charge is 0.478 e. The summed E-state index contributed by atoms with van der Waals surface area (Å²) in [6, 6.07) is 13.5. The number of carboxylic acids is 1. The molecule has 0 aliphatic rings. The highest BCUT2D eigenvalue weighted by molar-refractivity contribution is 5.92. The van der Waals surface area contributed by atoms with Gasteiger partial charge in [0, 0.05) is 12.1 Å². The summed E-state index contributed by atoms with van der Waals surface area (Å²) in [5.41, 5.74) is 6.60. The SMILES string of the molecule is Nc1ccc(OC(=O)OCCc2ccccc2)c(C(=O)O)c1. The van der Waals surface area contributed by atoms with Crippen molar-refractivity contribution in [3.05, 3.63) is 59.7 Å². The van der Waals surface area contributed by atoms with Crippen LogP contribution in [0.3, 0.4) is 0 Å². The Bertz CT molecular complexity index is 669. The van der Waals surface area contributed by atoms with E-state index in [4.69, 9.17) is 20.3 Å². The lowest BCUT2D eigenvalue weighted by molar-refractivity contribution is 0.0690. The average Bonchev–Trinajstić information content (AvgIpc) is 2.50. The molecule has 6 nitrogen and oxygen atoms in total. The zero-order valence-electron chi connectivity index (χ0n) is 11.7. The molecule has 0 saturated heterocycles. The van der Waals surface area contributed by atoms with Gasteiger partial charge in [-0.25, -0.2) is 9.59 Å². The van der Waals surface area contributed by atoms with Crippen molar-refractivity contribution in [2.45, 2.75) is 6.42 Å².